The van der Waals surface area contributed by atoms with E-state index in [0.29, 0.717) is 15.6 Å². The molecule has 1 atom stereocenters. The van der Waals surface area contributed by atoms with Crippen molar-refractivity contribution in [2.75, 3.05) is 17.5 Å². The van der Waals surface area contributed by atoms with Crippen LogP contribution in [0.2, 0.25) is 10.0 Å². The Kier molecular flexibility index (Phi) is 12.0. The Bertz CT molecular complexity index is 1760. The number of hydrogen-bond donors (Lipinski definition) is 1. The highest BCUT2D eigenvalue weighted by atomic mass is 35.5. The molecule has 0 aliphatic rings. The predicted octanol–water partition coefficient (Wildman–Crippen LogP) is 7.14. The van der Waals surface area contributed by atoms with Gasteiger partial charge in [-0.2, -0.15) is 0 Å². The number of hydrogen-bond acceptors (Lipinski definition) is 5. The number of benzene rings is 4. The van der Waals surface area contributed by atoms with Crippen LogP contribution in [0.15, 0.2) is 108 Å². The van der Waals surface area contributed by atoms with Crippen LogP contribution >= 0.6 is 23.2 Å². The monoisotopic (exact) mass is 695 g/mol. The molecule has 0 aliphatic carbocycles. The number of anilines is 1. The Morgan fingerprint density at radius 1 is 0.830 bits per heavy atom. The maximum Gasteiger partial charge on any atom is 0.264 e. The van der Waals surface area contributed by atoms with E-state index in [1.807, 2.05) is 51.1 Å². The van der Waals surface area contributed by atoms with Gasteiger partial charge in [0.15, 0.2) is 0 Å². The van der Waals surface area contributed by atoms with Gasteiger partial charge >= 0.3 is 0 Å². The first-order chi connectivity index (χ1) is 22.3. The van der Waals surface area contributed by atoms with E-state index in [4.69, 9.17) is 27.9 Å². The molecule has 4 rings (SSSR count). The highest BCUT2D eigenvalue weighted by Crippen LogP contribution is 2.33. The molecule has 0 fully saturated rings. The van der Waals surface area contributed by atoms with Gasteiger partial charge in [-0.3, -0.25) is 13.9 Å². The summed E-state index contributed by atoms with van der Waals surface area (Å²) in [6, 6.07) is 27.7. The number of carbonyl (C=O) groups excluding carboxylic acids is 2. The van der Waals surface area contributed by atoms with Gasteiger partial charge in [-0.05, 0) is 69.7 Å². The van der Waals surface area contributed by atoms with Gasteiger partial charge in [0.1, 0.15) is 18.3 Å². The number of sulfonamides is 1. The Hall–Kier alpha value is -4.05. The van der Waals surface area contributed by atoms with E-state index in [0.717, 1.165) is 9.87 Å². The number of ether oxygens (including phenoxy) is 1. The molecule has 0 saturated carbocycles. The zero-order chi connectivity index (χ0) is 34.2. The number of halogens is 2. The van der Waals surface area contributed by atoms with Gasteiger partial charge in [0.05, 0.1) is 17.2 Å². The first-order valence-corrected chi connectivity index (χ1v) is 17.4. The first-order valence-electron chi connectivity index (χ1n) is 15.2. The highest BCUT2D eigenvalue weighted by molar-refractivity contribution is 7.92. The fraction of sp³-hybridized carbons (Fsp3) is 0.278. The summed E-state index contributed by atoms with van der Waals surface area (Å²) < 4.78 is 35.4. The minimum Gasteiger partial charge on any atom is -0.492 e. The molecule has 4 aromatic carbocycles. The van der Waals surface area contributed by atoms with E-state index in [1.54, 1.807) is 67.6 Å². The van der Waals surface area contributed by atoms with E-state index in [2.05, 4.69) is 5.32 Å². The van der Waals surface area contributed by atoms with Crippen molar-refractivity contribution in [2.24, 2.45) is 0 Å². The number of rotatable bonds is 13. The van der Waals surface area contributed by atoms with Crippen molar-refractivity contribution in [3.05, 3.63) is 124 Å². The average Bonchev–Trinajstić information content (AvgIpc) is 3.03. The SMILES string of the molecule is CCOc1ccccc1N(CC(=O)N(Cc1c(Cl)cccc1Cl)[C@H](Cc1ccccc1)C(=O)NC(C)(C)C)S(=O)(=O)c1ccccc1. The third kappa shape index (κ3) is 9.28. The summed E-state index contributed by atoms with van der Waals surface area (Å²) in [7, 11) is -4.29. The van der Waals surface area contributed by atoms with Crippen molar-refractivity contribution in [1.82, 2.24) is 10.2 Å². The van der Waals surface area contributed by atoms with Gasteiger partial charge in [0.25, 0.3) is 10.0 Å². The first kappa shape index (κ1) is 35.8. The second kappa shape index (κ2) is 15.7. The van der Waals surface area contributed by atoms with Crippen LogP contribution in [-0.4, -0.2) is 49.9 Å². The molecule has 0 aliphatic heterocycles. The molecule has 0 spiro atoms. The second-order valence-corrected chi connectivity index (χ2v) is 14.6. The topological polar surface area (TPSA) is 96.0 Å². The van der Waals surface area contributed by atoms with Crippen molar-refractivity contribution in [1.29, 1.82) is 0 Å². The van der Waals surface area contributed by atoms with E-state index < -0.39 is 40.0 Å². The Morgan fingerprint density at radius 2 is 1.40 bits per heavy atom. The molecule has 0 bridgehead atoms. The Morgan fingerprint density at radius 3 is 2.00 bits per heavy atom. The summed E-state index contributed by atoms with van der Waals surface area (Å²) in [4.78, 5) is 30.1. The molecular formula is C36H39Cl2N3O5S. The molecule has 4 aromatic rings. The number of nitrogens with one attached hydrogen (secondary N) is 1. The van der Waals surface area contributed by atoms with Gasteiger partial charge in [0.2, 0.25) is 11.8 Å². The van der Waals surface area contributed by atoms with Crippen molar-refractivity contribution in [3.63, 3.8) is 0 Å². The van der Waals surface area contributed by atoms with Crippen molar-refractivity contribution < 1.29 is 22.7 Å². The van der Waals surface area contributed by atoms with Crippen LogP contribution in [0.25, 0.3) is 0 Å². The predicted molar refractivity (Wildman–Crippen MR) is 187 cm³/mol. The molecule has 11 heteroatoms. The summed E-state index contributed by atoms with van der Waals surface area (Å²) in [5.74, 6) is -0.767. The number of para-hydroxylation sites is 2. The molecule has 8 nitrogen and oxygen atoms in total. The fourth-order valence-electron chi connectivity index (χ4n) is 5.03. The molecule has 1 N–H and O–H groups in total. The summed E-state index contributed by atoms with van der Waals surface area (Å²) in [5, 5.41) is 3.62. The third-order valence-electron chi connectivity index (χ3n) is 7.20. The lowest BCUT2D eigenvalue weighted by molar-refractivity contribution is -0.140. The van der Waals surface area contributed by atoms with Crippen LogP contribution in [0.5, 0.6) is 5.75 Å². The van der Waals surface area contributed by atoms with Gasteiger partial charge < -0.3 is 15.0 Å². The molecular weight excluding hydrogens is 657 g/mol. The standard InChI is InChI=1S/C36H39Cl2N3O5S/c1-5-46-33-22-13-12-21-31(33)41(47(44,45)27-17-10-7-11-18-27)25-34(42)40(24-28-29(37)19-14-20-30(28)38)32(35(43)39-36(2,3)4)23-26-15-8-6-9-16-26/h6-22,32H,5,23-25H2,1-4H3,(H,39,43)/t32-/m1/s1. The molecule has 0 saturated heterocycles. The van der Waals surface area contributed by atoms with Crippen LogP contribution in [-0.2, 0) is 32.6 Å². The lowest BCUT2D eigenvalue weighted by Crippen LogP contribution is -2.56. The smallest absolute Gasteiger partial charge is 0.264 e. The van der Waals surface area contributed by atoms with Gasteiger partial charge in [-0.25, -0.2) is 8.42 Å². The average molecular weight is 697 g/mol. The molecule has 0 unspecified atom stereocenters. The maximum atomic E-state index is 14.7. The van der Waals surface area contributed by atoms with E-state index in [9.17, 15) is 18.0 Å². The van der Waals surface area contributed by atoms with Crippen LogP contribution in [0.3, 0.4) is 0 Å². The molecule has 248 valence electrons. The zero-order valence-electron chi connectivity index (χ0n) is 26.8. The van der Waals surface area contributed by atoms with E-state index in [-0.39, 0.29) is 35.9 Å². The zero-order valence-corrected chi connectivity index (χ0v) is 29.1. The number of carbonyl (C=O) groups is 2. The normalized spacial score (nSPS) is 12.2. The van der Waals surface area contributed by atoms with Crippen molar-refractivity contribution >= 4 is 50.7 Å². The van der Waals surface area contributed by atoms with Crippen LogP contribution in [0, 0.1) is 0 Å². The lowest BCUT2D eigenvalue weighted by atomic mass is 10.0. The Balaban J connectivity index is 1.88. The largest absolute Gasteiger partial charge is 0.492 e. The third-order valence-corrected chi connectivity index (χ3v) is 9.69. The van der Waals surface area contributed by atoms with E-state index in [1.165, 1.54) is 17.0 Å². The highest BCUT2D eigenvalue weighted by Gasteiger charge is 2.37. The number of nitrogens with zero attached hydrogens (tertiary/aromatic N) is 2. The molecule has 2 amide bonds. The molecule has 0 radical (unpaired) electrons. The van der Waals surface area contributed by atoms with Gasteiger partial charge in [-0.1, -0.05) is 89.9 Å². The number of amides is 2. The summed E-state index contributed by atoms with van der Waals surface area (Å²) in [5.41, 5.74) is 0.793. The van der Waals surface area contributed by atoms with Gasteiger partial charge in [0, 0.05) is 34.1 Å². The van der Waals surface area contributed by atoms with Crippen LogP contribution < -0.4 is 14.4 Å². The summed E-state index contributed by atoms with van der Waals surface area (Å²) >= 11 is 13.2. The van der Waals surface area contributed by atoms with Crippen molar-refractivity contribution in [2.45, 2.75) is 57.1 Å². The minimum atomic E-state index is -4.29. The lowest BCUT2D eigenvalue weighted by Gasteiger charge is -2.35. The molecule has 0 heterocycles. The van der Waals surface area contributed by atoms with E-state index >= 15 is 0 Å². The van der Waals surface area contributed by atoms with Crippen molar-refractivity contribution in [3.8, 4) is 5.75 Å². The fourth-order valence-corrected chi connectivity index (χ4v) is 7.00. The van der Waals surface area contributed by atoms with Crippen LogP contribution in [0.1, 0.15) is 38.8 Å². The Labute approximate surface area is 287 Å². The molecule has 47 heavy (non-hydrogen) atoms. The van der Waals surface area contributed by atoms with Gasteiger partial charge in [-0.15, -0.1) is 0 Å². The summed E-state index contributed by atoms with van der Waals surface area (Å²) in [6.45, 7) is 6.81. The second-order valence-electron chi connectivity index (χ2n) is 11.9. The maximum absolute atomic E-state index is 14.7. The molecule has 0 aromatic heterocycles. The van der Waals surface area contributed by atoms with Crippen LogP contribution in [0.4, 0.5) is 5.69 Å². The minimum absolute atomic E-state index is 0.00823. The quantitative estimate of drug-likeness (QED) is 0.160. The summed E-state index contributed by atoms with van der Waals surface area (Å²) in [6.07, 6.45) is 0.150.